The summed E-state index contributed by atoms with van der Waals surface area (Å²) >= 11 is 5.98. The number of amides is 1. The predicted molar refractivity (Wildman–Crippen MR) is 115 cm³/mol. The molecule has 0 bridgehead atoms. The normalized spacial score (nSPS) is 16.7. The number of carbonyl (C=O) groups excluding carboxylic acids is 1. The van der Waals surface area contributed by atoms with Crippen molar-refractivity contribution < 1.29 is 9.53 Å². The third-order valence-electron chi connectivity index (χ3n) is 5.08. The highest BCUT2D eigenvalue weighted by Gasteiger charge is 2.27. The maximum absolute atomic E-state index is 12.2. The lowest BCUT2D eigenvalue weighted by molar-refractivity contribution is 0.0110. The van der Waals surface area contributed by atoms with Crippen LogP contribution in [0.3, 0.4) is 0 Å². The van der Waals surface area contributed by atoms with Gasteiger partial charge in [-0.1, -0.05) is 48.0 Å². The van der Waals surface area contributed by atoms with Gasteiger partial charge in [-0.05, 0) is 56.5 Å². The Morgan fingerprint density at radius 2 is 1.43 bits per heavy atom. The molecular weight excluding hydrogens is 372 g/mol. The number of nitrogens with zero attached hydrogens (tertiary/aromatic N) is 2. The Balaban J connectivity index is 1.58. The van der Waals surface area contributed by atoms with Crippen LogP contribution in [0.4, 0.5) is 4.79 Å². The van der Waals surface area contributed by atoms with E-state index < -0.39 is 5.60 Å². The van der Waals surface area contributed by atoms with E-state index in [0.29, 0.717) is 19.1 Å². The van der Waals surface area contributed by atoms with Gasteiger partial charge in [0.2, 0.25) is 0 Å². The smallest absolute Gasteiger partial charge is 0.410 e. The highest BCUT2D eigenvalue weighted by atomic mass is 35.5. The van der Waals surface area contributed by atoms with Crippen LogP contribution in [0.5, 0.6) is 0 Å². The van der Waals surface area contributed by atoms with Crippen molar-refractivity contribution in [2.45, 2.75) is 39.3 Å². The predicted octanol–water partition coefficient (Wildman–Crippen LogP) is 5.62. The number of hydrogen-bond donors (Lipinski definition) is 0. The summed E-state index contributed by atoms with van der Waals surface area (Å²) < 4.78 is 5.48. The van der Waals surface area contributed by atoms with E-state index in [4.69, 9.17) is 16.3 Å². The van der Waals surface area contributed by atoms with Crippen LogP contribution in [0.15, 0.2) is 48.5 Å². The molecule has 1 atom stereocenters. The van der Waals surface area contributed by atoms with Crippen LogP contribution in [0.1, 0.15) is 39.3 Å². The fraction of sp³-hybridized carbons (Fsp3) is 0.435. The Morgan fingerprint density at radius 1 is 0.929 bits per heavy atom. The first-order valence-corrected chi connectivity index (χ1v) is 10.2. The van der Waals surface area contributed by atoms with Crippen molar-refractivity contribution in [1.82, 2.24) is 9.80 Å². The van der Waals surface area contributed by atoms with Crippen LogP contribution < -0.4 is 0 Å². The fourth-order valence-corrected chi connectivity index (χ4v) is 3.55. The van der Waals surface area contributed by atoms with Crippen molar-refractivity contribution in [1.29, 1.82) is 0 Å². The molecule has 0 spiro atoms. The summed E-state index contributed by atoms with van der Waals surface area (Å²) in [5.41, 5.74) is 3.17. The molecule has 0 aliphatic carbocycles. The van der Waals surface area contributed by atoms with Crippen molar-refractivity contribution in [2.24, 2.45) is 0 Å². The van der Waals surface area contributed by atoms with Gasteiger partial charge >= 0.3 is 6.09 Å². The summed E-state index contributed by atoms with van der Waals surface area (Å²) in [7, 11) is 0. The zero-order valence-electron chi connectivity index (χ0n) is 17.1. The minimum Gasteiger partial charge on any atom is -0.444 e. The van der Waals surface area contributed by atoms with Gasteiger partial charge in [-0.25, -0.2) is 4.79 Å². The van der Waals surface area contributed by atoms with Crippen LogP contribution in [-0.2, 0) is 4.74 Å². The molecule has 28 heavy (non-hydrogen) atoms. The molecule has 0 aromatic heterocycles. The van der Waals surface area contributed by atoms with Gasteiger partial charge in [0.25, 0.3) is 0 Å². The van der Waals surface area contributed by atoms with Gasteiger partial charge in [-0.3, -0.25) is 4.90 Å². The van der Waals surface area contributed by atoms with Gasteiger partial charge in [0.1, 0.15) is 5.60 Å². The molecule has 5 heteroatoms. The molecular formula is C23H29ClN2O2. The van der Waals surface area contributed by atoms with Crippen LogP contribution >= 0.6 is 11.6 Å². The molecule has 1 heterocycles. The third kappa shape index (κ3) is 5.27. The topological polar surface area (TPSA) is 32.8 Å². The lowest BCUT2D eigenvalue weighted by atomic mass is 10.0. The van der Waals surface area contributed by atoms with Gasteiger partial charge in [0, 0.05) is 37.2 Å². The quantitative estimate of drug-likeness (QED) is 0.670. The Labute approximate surface area is 173 Å². The molecule has 2 aromatic carbocycles. The van der Waals surface area contributed by atoms with E-state index in [1.807, 2.05) is 45.0 Å². The van der Waals surface area contributed by atoms with E-state index in [9.17, 15) is 4.79 Å². The van der Waals surface area contributed by atoms with E-state index in [2.05, 4.69) is 36.1 Å². The standard InChI is InChI=1S/C23H29ClN2O2/c1-17(25-13-15-26(16-14-25)22(27)28-23(2,3)4)18-5-7-19(8-6-18)20-9-11-21(24)12-10-20/h5-12,17H,13-16H2,1-4H3. The van der Waals surface area contributed by atoms with E-state index in [1.165, 1.54) is 11.1 Å². The van der Waals surface area contributed by atoms with Crippen molar-refractivity contribution >= 4 is 17.7 Å². The third-order valence-corrected chi connectivity index (χ3v) is 5.34. The number of benzene rings is 2. The van der Waals surface area contributed by atoms with Gasteiger partial charge < -0.3 is 9.64 Å². The minimum absolute atomic E-state index is 0.216. The largest absolute Gasteiger partial charge is 0.444 e. The fourth-order valence-electron chi connectivity index (χ4n) is 3.43. The van der Waals surface area contributed by atoms with E-state index in [0.717, 1.165) is 23.7 Å². The molecule has 0 radical (unpaired) electrons. The number of halogens is 1. The van der Waals surface area contributed by atoms with Crippen molar-refractivity contribution in [3.05, 3.63) is 59.1 Å². The van der Waals surface area contributed by atoms with Crippen molar-refractivity contribution in [3.8, 4) is 11.1 Å². The Morgan fingerprint density at radius 3 is 1.93 bits per heavy atom. The molecule has 2 aromatic rings. The molecule has 1 unspecified atom stereocenters. The summed E-state index contributed by atoms with van der Waals surface area (Å²) in [6.45, 7) is 11.0. The highest BCUT2D eigenvalue weighted by Crippen LogP contribution is 2.26. The van der Waals surface area contributed by atoms with Crippen molar-refractivity contribution in [3.63, 3.8) is 0 Å². The molecule has 3 rings (SSSR count). The first kappa shape index (κ1) is 20.7. The number of hydrogen-bond acceptors (Lipinski definition) is 3. The van der Waals surface area contributed by atoms with Gasteiger partial charge in [0.05, 0.1) is 0 Å². The molecule has 1 aliphatic rings. The molecule has 1 saturated heterocycles. The molecule has 1 fully saturated rings. The van der Waals surface area contributed by atoms with Crippen LogP contribution in [0, 0.1) is 0 Å². The van der Waals surface area contributed by atoms with Crippen LogP contribution in [0.25, 0.3) is 11.1 Å². The SMILES string of the molecule is CC(c1ccc(-c2ccc(Cl)cc2)cc1)N1CCN(C(=O)OC(C)(C)C)CC1. The van der Waals surface area contributed by atoms with Crippen molar-refractivity contribution in [2.75, 3.05) is 26.2 Å². The van der Waals surface area contributed by atoms with Crippen LogP contribution in [-0.4, -0.2) is 47.7 Å². The molecule has 0 N–H and O–H groups in total. The zero-order chi connectivity index (χ0) is 20.3. The first-order valence-electron chi connectivity index (χ1n) is 9.81. The Kier molecular flexibility index (Phi) is 6.31. The average Bonchev–Trinajstić information content (AvgIpc) is 2.67. The summed E-state index contributed by atoms with van der Waals surface area (Å²) in [5.74, 6) is 0. The van der Waals surface area contributed by atoms with E-state index in [1.54, 1.807) is 4.90 Å². The molecule has 1 aliphatic heterocycles. The monoisotopic (exact) mass is 400 g/mol. The Bertz CT molecular complexity index is 789. The second-order valence-corrected chi connectivity index (χ2v) is 8.74. The highest BCUT2D eigenvalue weighted by molar-refractivity contribution is 6.30. The lowest BCUT2D eigenvalue weighted by Crippen LogP contribution is -2.50. The number of piperazine rings is 1. The molecule has 0 saturated carbocycles. The van der Waals surface area contributed by atoms with Gasteiger partial charge in [-0.15, -0.1) is 0 Å². The van der Waals surface area contributed by atoms with E-state index in [-0.39, 0.29) is 6.09 Å². The maximum atomic E-state index is 12.2. The second-order valence-electron chi connectivity index (χ2n) is 8.31. The summed E-state index contributed by atoms with van der Waals surface area (Å²) in [4.78, 5) is 16.4. The van der Waals surface area contributed by atoms with Crippen LogP contribution in [0.2, 0.25) is 5.02 Å². The number of carbonyl (C=O) groups is 1. The van der Waals surface area contributed by atoms with Gasteiger partial charge in [0.15, 0.2) is 0 Å². The molecule has 1 amide bonds. The minimum atomic E-state index is -0.451. The summed E-state index contributed by atoms with van der Waals surface area (Å²) in [6.07, 6.45) is -0.216. The summed E-state index contributed by atoms with van der Waals surface area (Å²) in [5, 5.41) is 0.750. The first-order chi connectivity index (χ1) is 13.2. The maximum Gasteiger partial charge on any atom is 0.410 e. The Hall–Kier alpha value is -2.04. The molecule has 4 nitrogen and oxygen atoms in total. The number of ether oxygens (including phenoxy) is 1. The second kappa shape index (κ2) is 8.54. The zero-order valence-corrected chi connectivity index (χ0v) is 17.9. The average molecular weight is 401 g/mol. The van der Waals surface area contributed by atoms with Gasteiger partial charge in [-0.2, -0.15) is 0 Å². The molecule has 150 valence electrons. The number of rotatable bonds is 3. The van der Waals surface area contributed by atoms with E-state index >= 15 is 0 Å². The summed E-state index contributed by atoms with van der Waals surface area (Å²) in [6, 6.07) is 16.9. The lowest BCUT2D eigenvalue weighted by Gasteiger charge is -2.38.